The van der Waals surface area contributed by atoms with E-state index in [0.717, 1.165) is 11.3 Å². The molecule has 7 heteroatoms. The first-order chi connectivity index (χ1) is 11.4. The molecule has 0 aliphatic heterocycles. The van der Waals surface area contributed by atoms with Crippen LogP contribution in [-0.2, 0) is 0 Å². The number of hydrogen-bond donors (Lipinski definition) is 1. The maximum Gasteiger partial charge on any atom is 0.259 e. The molecule has 1 amide bonds. The fraction of sp³-hybridized carbons (Fsp3) is 0.118. The summed E-state index contributed by atoms with van der Waals surface area (Å²) >= 11 is 13.0. The summed E-state index contributed by atoms with van der Waals surface area (Å²) in [6.45, 7) is 4.13. The van der Waals surface area contributed by atoms with Gasteiger partial charge in [-0.05, 0) is 37.1 Å². The Bertz CT molecular complexity index is 924. The van der Waals surface area contributed by atoms with Gasteiger partial charge in [0.25, 0.3) is 5.91 Å². The highest BCUT2D eigenvalue weighted by atomic mass is 35.5. The molecule has 24 heavy (non-hydrogen) atoms. The zero-order valence-electron chi connectivity index (χ0n) is 12.9. The predicted molar refractivity (Wildman–Crippen MR) is 99.2 cm³/mol. The largest absolute Gasteiger partial charge is 0.298 e. The van der Waals surface area contributed by atoms with Crippen molar-refractivity contribution in [3.05, 3.63) is 62.7 Å². The molecule has 2 aromatic heterocycles. The summed E-state index contributed by atoms with van der Waals surface area (Å²) in [6.07, 6.45) is 1.38. The molecule has 0 spiro atoms. The van der Waals surface area contributed by atoms with Crippen LogP contribution in [0.4, 0.5) is 5.13 Å². The predicted octanol–water partition coefficient (Wildman–Crippen LogP) is 5.38. The van der Waals surface area contributed by atoms with Gasteiger partial charge in [-0.25, -0.2) is 9.97 Å². The average molecular weight is 378 g/mol. The smallest absolute Gasteiger partial charge is 0.259 e. The van der Waals surface area contributed by atoms with Gasteiger partial charge in [0.05, 0.1) is 16.3 Å². The van der Waals surface area contributed by atoms with E-state index in [1.807, 2.05) is 11.4 Å². The number of aryl methyl sites for hydroxylation is 2. The Labute approximate surface area is 153 Å². The minimum atomic E-state index is -0.331. The van der Waals surface area contributed by atoms with Gasteiger partial charge in [0.2, 0.25) is 0 Å². The molecule has 0 bridgehead atoms. The minimum absolute atomic E-state index is 0.166. The molecular weight excluding hydrogens is 365 g/mol. The maximum absolute atomic E-state index is 12.2. The van der Waals surface area contributed by atoms with Crippen molar-refractivity contribution >= 4 is 45.6 Å². The zero-order valence-corrected chi connectivity index (χ0v) is 15.3. The summed E-state index contributed by atoms with van der Waals surface area (Å²) in [7, 11) is 0. The van der Waals surface area contributed by atoms with E-state index >= 15 is 0 Å². The summed E-state index contributed by atoms with van der Waals surface area (Å²) in [6, 6.07) is 7.64. The van der Waals surface area contributed by atoms with E-state index < -0.39 is 0 Å². The lowest BCUT2D eigenvalue weighted by Crippen LogP contribution is -2.12. The highest BCUT2D eigenvalue weighted by molar-refractivity contribution is 7.14. The van der Waals surface area contributed by atoms with Crippen molar-refractivity contribution in [3.8, 4) is 11.3 Å². The second-order valence-corrected chi connectivity index (χ2v) is 6.91. The Balaban J connectivity index is 1.79. The molecule has 4 nitrogen and oxygen atoms in total. The molecule has 2 heterocycles. The lowest BCUT2D eigenvalue weighted by Gasteiger charge is -2.03. The number of nitrogens with zero attached hydrogens (tertiary/aromatic N) is 2. The van der Waals surface area contributed by atoms with Crippen molar-refractivity contribution in [2.24, 2.45) is 0 Å². The number of hydrogen-bond acceptors (Lipinski definition) is 4. The zero-order chi connectivity index (χ0) is 17.3. The van der Waals surface area contributed by atoms with Gasteiger partial charge in [-0.2, -0.15) is 0 Å². The monoisotopic (exact) mass is 377 g/mol. The number of thiazole rings is 1. The average Bonchev–Trinajstić information content (AvgIpc) is 3.01. The molecule has 0 atom stereocenters. The van der Waals surface area contributed by atoms with Crippen molar-refractivity contribution in [2.45, 2.75) is 13.8 Å². The van der Waals surface area contributed by atoms with Gasteiger partial charge >= 0.3 is 0 Å². The van der Waals surface area contributed by atoms with Crippen LogP contribution in [0.5, 0.6) is 0 Å². The minimum Gasteiger partial charge on any atom is -0.298 e. The number of halogens is 2. The lowest BCUT2D eigenvalue weighted by atomic mass is 10.1. The Morgan fingerprint density at radius 2 is 1.96 bits per heavy atom. The quantitative estimate of drug-likeness (QED) is 0.623. The van der Waals surface area contributed by atoms with E-state index in [-0.39, 0.29) is 16.1 Å². The molecule has 3 aromatic rings. The molecule has 0 radical (unpaired) electrons. The maximum atomic E-state index is 12.2. The van der Waals surface area contributed by atoms with Crippen LogP contribution in [0.1, 0.15) is 21.5 Å². The standard InChI is InChI=1S/C17H13Cl2N3OS/c1-9-3-4-11(5-10(9)2)14-8-24-17(21-14)22-16(23)12-6-13(18)15(19)20-7-12/h3-8H,1-2H3,(H,21,22,23). The molecule has 0 saturated heterocycles. The summed E-state index contributed by atoms with van der Waals surface area (Å²) in [5.74, 6) is -0.331. The van der Waals surface area contributed by atoms with Gasteiger partial charge in [0.1, 0.15) is 5.15 Å². The van der Waals surface area contributed by atoms with E-state index in [0.29, 0.717) is 10.7 Å². The number of carbonyl (C=O) groups excluding carboxylic acids is 1. The lowest BCUT2D eigenvalue weighted by molar-refractivity contribution is 0.102. The van der Waals surface area contributed by atoms with E-state index in [9.17, 15) is 4.79 Å². The van der Waals surface area contributed by atoms with Crippen LogP contribution in [0, 0.1) is 13.8 Å². The Hall–Kier alpha value is -1.95. The van der Waals surface area contributed by atoms with Crippen LogP contribution < -0.4 is 5.32 Å². The molecule has 3 rings (SSSR count). The third-order valence-corrected chi connectivity index (χ3v) is 5.03. The van der Waals surface area contributed by atoms with Crippen LogP contribution in [0.25, 0.3) is 11.3 Å². The van der Waals surface area contributed by atoms with Crippen molar-refractivity contribution in [1.29, 1.82) is 0 Å². The number of pyridine rings is 1. The van der Waals surface area contributed by atoms with Gasteiger partial charge < -0.3 is 0 Å². The molecule has 1 aromatic carbocycles. The first-order valence-corrected chi connectivity index (χ1v) is 8.73. The number of anilines is 1. The summed E-state index contributed by atoms with van der Waals surface area (Å²) in [4.78, 5) is 20.6. The number of rotatable bonds is 3. The normalized spacial score (nSPS) is 10.7. The van der Waals surface area contributed by atoms with Crippen LogP contribution >= 0.6 is 34.5 Å². The van der Waals surface area contributed by atoms with Crippen molar-refractivity contribution in [3.63, 3.8) is 0 Å². The molecule has 0 unspecified atom stereocenters. The number of aromatic nitrogens is 2. The number of amides is 1. The van der Waals surface area contributed by atoms with Gasteiger partial charge in [-0.15, -0.1) is 11.3 Å². The van der Waals surface area contributed by atoms with Crippen molar-refractivity contribution < 1.29 is 4.79 Å². The van der Waals surface area contributed by atoms with Gasteiger partial charge in [0.15, 0.2) is 5.13 Å². The Morgan fingerprint density at radius 3 is 2.67 bits per heavy atom. The number of benzene rings is 1. The van der Waals surface area contributed by atoms with Crippen LogP contribution in [0.3, 0.4) is 0 Å². The van der Waals surface area contributed by atoms with E-state index in [1.165, 1.54) is 34.7 Å². The summed E-state index contributed by atoms with van der Waals surface area (Å²) in [5.41, 5.74) is 4.60. The first kappa shape index (κ1) is 16.9. The summed E-state index contributed by atoms with van der Waals surface area (Å²) in [5, 5.41) is 5.57. The van der Waals surface area contributed by atoms with Gasteiger partial charge in [0, 0.05) is 17.1 Å². The Kier molecular flexibility index (Phi) is 4.85. The fourth-order valence-corrected chi connectivity index (χ4v) is 3.06. The van der Waals surface area contributed by atoms with E-state index in [2.05, 4.69) is 41.3 Å². The van der Waals surface area contributed by atoms with Crippen molar-refractivity contribution in [1.82, 2.24) is 9.97 Å². The molecule has 122 valence electrons. The number of carbonyl (C=O) groups is 1. The second kappa shape index (κ2) is 6.89. The topological polar surface area (TPSA) is 54.9 Å². The molecule has 0 saturated carbocycles. The van der Waals surface area contributed by atoms with Crippen LogP contribution in [0.2, 0.25) is 10.2 Å². The highest BCUT2D eigenvalue weighted by Gasteiger charge is 2.12. The molecule has 0 aliphatic carbocycles. The number of nitrogens with one attached hydrogen (secondary N) is 1. The van der Waals surface area contributed by atoms with Crippen LogP contribution in [-0.4, -0.2) is 15.9 Å². The first-order valence-electron chi connectivity index (χ1n) is 7.09. The Morgan fingerprint density at radius 1 is 1.17 bits per heavy atom. The molecular formula is C17H13Cl2N3OS. The third-order valence-electron chi connectivity index (χ3n) is 3.59. The molecule has 0 fully saturated rings. The van der Waals surface area contributed by atoms with E-state index in [1.54, 1.807) is 0 Å². The van der Waals surface area contributed by atoms with E-state index in [4.69, 9.17) is 23.2 Å². The van der Waals surface area contributed by atoms with Crippen molar-refractivity contribution in [2.75, 3.05) is 5.32 Å². The van der Waals surface area contributed by atoms with Gasteiger partial charge in [-0.3, -0.25) is 10.1 Å². The summed E-state index contributed by atoms with van der Waals surface area (Å²) < 4.78 is 0. The third kappa shape index (κ3) is 3.59. The molecule has 1 N–H and O–H groups in total. The highest BCUT2D eigenvalue weighted by Crippen LogP contribution is 2.27. The molecule has 0 aliphatic rings. The fourth-order valence-electron chi connectivity index (χ4n) is 2.08. The second-order valence-electron chi connectivity index (χ2n) is 5.29. The van der Waals surface area contributed by atoms with Gasteiger partial charge in [-0.1, -0.05) is 35.3 Å². The van der Waals surface area contributed by atoms with Crippen LogP contribution in [0.15, 0.2) is 35.8 Å². The SMILES string of the molecule is Cc1ccc(-c2csc(NC(=O)c3cnc(Cl)c(Cl)c3)n2)cc1C.